The first-order chi connectivity index (χ1) is 9.47. The number of hydrogen-bond donors (Lipinski definition) is 1. The van der Waals surface area contributed by atoms with Gasteiger partial charge in [-0.1, -0.05) is 18.2 Å². The maximum atomic E-state index is 13.4. The van der Waals surface area contributed by atoms with Gasteiger partial charge in [-0.15, -0.1) is 0 Å². The molecule has 0 aliphatic heterocycles. The first-order valence-corrected chi connectivity index (χ1v) is 6.70. The van der Waals surface area contributed by atoms with Crippen molar-refractivity contribution in [2.24, 2.45) is 5.73 Å². The van der Waals surface area contributed by atoms with Crippen LogP contribution < -0.4 is 5.73 Å². The van der Waals surface area contributed by atoms with Gasteiger partial charge in [-0.25, -0.2) is 4.39 Å². The fraction of sp³-hybridized carbons (Fsp3) is 0.143. The molecule has 104 valence electrons. The lowest BCUT2D eigenvalue weighted by Crippen LogP contribution is -2.13. The van der Waals surface area contributed by atoms with Gasteiger partial charge in [-0.3, -0.25) is 10.1 Å². The Hall–Kier alpha value is -1.79. The van der Waals surface area contributed by atoms with E-state index in [1.54, 1.807) is 24.3 Å². The second-order valence-corrected chi connectivity index (χ2v) is 5.26. The quantitative estimate of drug-likeness (QED) is 0.681. The number of nitro groups is 1. The van der Waals surface area contributed by atoms with Crippen LogP contribution in [0.4, 0.5) is 10.1 Å². The maximum absolute atomic E-state index is 13.4. The minimum absolute atomic E-state index is 0.0389. The van der Waals surface area contributed by atoms with Crippen molar-refractivity contribution in [3.63, 3.8) is 0 Å². The predicted molar refractivity (Wildman–Crippen MR) is 77.8 cm³/mol. The molecule has 0 radical (unpaired) electrons. The van der Waals surface area contributed by atoms with Crippen molar-refractivity contribution in [3.05, 3.63) is 74.0 Å². The van der Waals surface area contributed by atoms with Crippen LogP contribution >= 0.6 is 15.9 Å². The van der Waals surface area contributed by atoms with Crippen molar-refractivity contribution in [1.29, 1.82) is 0 Å². The number of hydrogen-bond acceptors (Lipinski definition) is 3. The van der Waals surface area contributed by atoms with Gasteiger partial charge in [0.15, 0.2) is 0 Å². The summed E-state index contributed by atoms with van der Waals surface area (Å²) in [6.45, 7) is 0. The second kappa shape index (κ2) is 6.11. The van der Waals surface area contributed by atoms with Crippen LogP contribution in [-0.2, 0) is 6.42 Å². The van der Waals surface area contributed by atoms with E-state index in [2.05, 4.69) is 15.9 Å². The van der Waals surface area contributed by atoms with Gasteiger partial charge < -0.3 is 5.73 Å². The van der Waals surface area contributed by atoms with E-state index in [4.69, 9.17) is 5.73 Å². The zero-order chi connectivity index (χ0) is 14.7. The molecule has 0 aromatic heterocycles. The molecule has 0 bridgehead atoms. The van der Waals surface area contributed by atoms with E-state index < -0.39 is 4.92 Å². The molecule has 0 saturated heterocycles. The molecule has 2 N–H and O–H groups in total. The van der Waals surface area contributed by atoms with Gasteiger partial charge in [0.25, 0.3) is 5.69 Å². The largest absolute Gasteiger partial charge is 0.324 e. The zero-order valence-corrected chi connectivity index (χ0v) is 12.0. The van der Waals surface area contributed by atoms with Crippen LogP contribution in [0, 0.1) is 15.9 Å². The summed E-state index contributed by atoms with van der Waals surface area (Å²) in [6.07, 6.45) is 0.485. The summed E-state index contributed by atoms with van der Waals surface area (Å²) in [5.41, 5.74) is 7.62. The van der Waals surface area contributed by atoms with Gasteiger partial charge in [-0.05, 0) is 45.6 Å². The molecule has 0 amide bonds. The molecule has 0 saturated carbocycles. The van der Waals surface area contributed by atoms with Gasteiger partial charge in [0.1, 0.15) is 5.82 Å². The average Bonchev–Trinajstić information content (AvgIpc) is 2.42. The Bertz CT molecular complexity index is 632. The lowest BCUT2D eigenvalue weighted by atomic mass is 9.99. The van der Waals surface area contributed by atoms with Crippen LogP contribution in [0.15, 0.2) is 46.9 Å². The van der Waals surface area contributed by atoms with E-state index in [9.17, 15) is 14.5 Å². The number of rotatable bonds is 4. The standard InChI is InChI=1S/C14H12BrFN2O2/c15-12-6-3-10(8-13(12)16)14(17)7-9-1-4-11(5-2-9)18(19)20/h1-6,8,14H,7,17H2. The Kier molecular flexibility index (Phi) is 4.46. The summed E-state index contributed by atoms with van der Waals surface area (Å²) in [6, 6.07) is 10.6. The van der Waals surface area contributed by atoms with E-state index in [1.165, 1.54) is 18.2 Å². The molecule has 1 unspecified atom stereocenters. The number of halogens is 2. The highest BCUT2D eigenvalue weighted by atomic mass is 79.9. The van der Waals surface area contributed by atoms with Crippen molar-refractivity contribution in [2.75, 3.05) is 0 Å². The molecule has 2 rings (SSSR count). The summed E-state index contributed by atoms with van der Waals surface area (Å²) in [5, 5.41) is 10.6. The molecule has 2 aromatic carbocycles. The molecule has 2 aromatic rings. The van der Waals surface area contributed by atoms with E-state index in [-0.39, 0.29) is 17.5 Å². The van der Waals surface area contributed by atoms with Gasteiger partial charge >= 0.3 is 0 Å². The highest BCUT2D eigenvalue weighted by Crippen LogP contribution is 2.22. The van der Waals surface area contributed by atoms with Gasteiger partial charge in [-0.2, -0.15) is 0 Å². The normalized spacial score (nSPS) is 12.2. The number of non-ortho nitro benzene ring substituents is 1. The lowest BCUT2D eigenvalue weighted by molar-refractivity contribution is -0.384. The number of nitrogens with two attached hydrogens (primary N) is 1. The number of benzene rings is 2. The molecule has 0 fully saturated rings. The predicted octanol–water partition coefficient (Wildman–Crippen LogP) is 3.74. The Morgan fingerprint density at radius 1 is 1.25 bits per heavy atom. The third-order valence-electron chi connectivity index (χ3n) is 2.97. The van der Waals surface area contributed by atoms with Crippen LogP contribution in [0.25, 0.3) is 0 Å². The smallest absolute Gasteiger partial charge is 0.269 e. The summed E-state index contributed by atoms with van der Waals surface area (Å²) in [5.74, 6) is -0.360. The molecular formula is C14H12BrFN2O2. The van der Waals surface area contributed by atoms with Gasteiger partial charge in [0.05, 0.1) is 9.40 Å². The topological polar surface area (TPSA) is 69.2 Å². The molecule has 4 nitrogen and oxygen atoms in total. The monoisotopic (exact) mass is 338 g/mol. The third-order valence-corrected chi connectivity index (χ3v) is 3.62. The molecule has 20 heavy (non-hydrogen) atoms. The molecule has 6 heteroatoms. The van der Waals surface area contributed by atoms with E-state index >= 15 is 0 Å². The fourth-order valence-corrected chi connectivity index (χ4v) is 2.12. The molecule has 1 atom stereocenters. The van der Waals surface area contributed by atoms with Crippen molar-refractivity contribution < 1.29 is 9.31 Å². The minimum Gasteiger partial charge on any atom is -0.324 e. The maximum Gasteiger partial charge on any atom is 0.269 e. The zero-order valence-electron chi connectivity index (χ0n) is 10.4. The molecule has 0 aliphatic carbocycles. The van der Waals surface area contributed by atoms with E-state index in [0.717, 1.165) is 5.56 Å². The SMILES string of the molecule is NC(Cc1ccc([N+](=O)[O-])cc1)c1ccc(Br)c(F)c1. The van der Waals surface area contributed by atoms with Gasteiger partial charge in [0, 0.05) is 18.2 Å². The van der Waals surface area contributed by atoms with Crippen LogP contribution in [0.3, 0.4) is 0 Å². The van der Waals surface area contributed by atoms with E-state index in [1.807, 2.05) is 0 Å². The fourth-order valence-electron chi connectivity index (χ4n) is 1.87. The summed E-state index contributed by atoms with van der Waals surface area (Å²) >= 11 is 3.09. The Labute approximate surface area is 123 Å². The lowest BCUT2D eigenvalue weighted by Gasteiger charge is -2.12. The van der Waals surface area contributed by atoms with Gasteiger partial charge in [0.2, 0.25) is 0 Å². The third kappa shape index (κ3) is 3.40. The van der Waals surface area contributed by atoms with Crippen molar-refractivity contribution in [2.45, 2.75) is 12.5 Å². The number of nitrogens with zero attached hydrogens (tertiary/aromatic N) is 1. The van der Waals surface area contributed by atoms with Crippen LogP contribution in [0.1, 0.15) is 17.2 Å². The summed E-state index contributed by atoms with van der Waals surface area (Å²) in [7, 11) is 0. The second-order valence-electron chi connectivity index (χ2n) is 4.41. The van der Waals surface area contributed by atoms with Crippen LogP contribution in [-0.4, -0.2) is 4.92 Å². The average molecular weight is 339 g/mol. The molecule has 0 spiro atoms. The molecular weight excluding hydrogens is 327 g/mol. The van der Waals surface area contributed by atoms with Crippen molar-refractivity contribution in [3.8, 4) is 0 Å². The van der Waals surface area contributed by atoms with Crippen LogP contribution in [0.2, 0.25) is 0 Å². The first kappa shape index (κ1) is 14.6. The van der Waals surface area contributed by atoms with Crippen LogP contribution in [0.5, 0.6) is 0 Å². The highest BCUT2D eigenvalue weighted by molar-refractivity contribution is 9.10. The Morgan fingerprint density at radius 3 is 2.45 bits per heavy atom. The number of nitro benzene ring substituents is 1. The molecule has 0 heterocycles. The summed E-state index contributed by atoms with van der Waals surface area (Å²) in [4.78, 5) is 10.1. The van der Waals surface area contributed by atoms with Crippen molar-refractivity contribution >= 4 is 21.6 Å². The highest BCUT2D eigenvalue weighted by Gasteiger charge is 2.11. The Balaban J connectivity index is 2.12. The van der Waals surface area contributed by atoms with Crippen molar-refractivity contribution in [1.82, 2.24) is 0 Å². The van der Waals surface area contributed by atoms with E-state index in [0.29, 0.717) is 16.5 Å². The summed E-state index contributed by atoms with van der Waals surface area (Å²) < 4.78 is 13.8. The molecule has 0 aliphatic rings. The first-order valence-electron chi connectivity index (χ1n) is 5.91. The Morgan fingerprint density at radius 2 is 1.90 bits per heavy atom. The minimum atomic E-state index is -0.451.